The van der Waals surface area contributed by atoms with E-state index in [1.165, 1.54) is 67.1 Å². The molecular formula is C22H25ClN2. The fourth-order valence-electron chi connectivity index (χ4n) is 5.72. The second kappa shape index (κ2) is 5.74. The van der Waals surface area contributed by atoms with E-state index in [1.807, 2.05) is 6.20 Å². The Morgan fingerprint density at radius 1 is 1.08 bits per heavy atom. The van der Waals surface area contributed by atoms with Crippen LogP contribution in [0, 0.1) is 17.8 Å². The molecule has 6 rings (SSSR count). The molecule has 130 valence electrons. The molecule has 4 aliphatic rings. The van der Waals surface area contributed by atoms with Crippen LogP contribution in [0.3, 0.4) is 0 Å². The summed E-state index contributed by atoms with van der Waals surface area (Å²) in [4.78, 5) is 4.43. The first kappa shape index (κ1) is 15.7. The topological polar surface area (TPSA) is 17.8 Å². The molecule has 2 aromatic rings. The number of nitrogens with zero attached hydrogens (tertiary/aromatic N) is 2. The Morgan fingerprint density at radius 3 is 2.84 bits per heavy atom. The van der Waals surface area contributed by atoms with Crippen LogP contribution in [0.15, 0.2) is 36.7 Å². The number of hydrogen-bond acceptors (Lipinski definition) is 1. The van der Waals surface area contributed by atoms with Crippen molar-refractivity contribution in [2.75, 3.05) is 0 Å². The monoisotopic (exact) mass is 352 g/mol. The Labute approximate surface area is 155 Å². The number of allylic oxidation sites excluding steroid dienone is 4. The second-order valence-electron chi connectivity index (χ2n) is 8.29. The van der Waals surface area contributed by atoms with Gasteiger partial charge in [-0.25, -0.2) is 0 Å². The summed E-state index contributed by atoms with van der Waals surface area (Å²) in [5.74, 6) is 2.75. The smallest absolute Gasteiger partial charge is 0.0524 e. The zero-order valence-corrected chi connectivity index (χ0v) is 15.3. The summed E-state index contributed by atoms with van der Waals surface area (Å²) in [5.41, 5.74) is 5.94. The molecule has 0 radical (unpaired) electrons. The van der Waals surface area contributed by atoms with Gasteiger partial charge in [-0.2, -0.15) is 0 Å². The summed E-state index contributed by atoms with van der Waals surface area (Å²) in [7, 11) is 0. The van der Waals surface area contributed by atoms with Crippen molar-refractivity contribution in [2.45, 2.75) is 51.0 Å². The quantitative estimate of drug-likeness (QED) is 0.641. The normalized spacial score (nSPS) is 30.1. The fraction of sp³-hybridized carbons (Fsp3) is 0.500. The summed E-state index contributed by atoms with van der Waals surface area (Å²) >= 11 is 0. The van der Waals surface area contributed by atoms with Gasteiger partial charge in [0.1, 0.15) is 0 Å². The van der Waals surface area contributed by atoms with Crippen LogP contribution in [0.5, 0.6) is 0 Å². The summed E-state index contributed by atoms with van der Waals surface area (Å²) in [6.45, 7) is 0. The lowest BCUT2D eigenvalue weighted by molar-refractivity contribution is 0.205. The number of fused-ring (bicyclic) bond motifs is 5. The van der Waals surface area contributed by atoms with E-state index >= 15 is 0 Å². The third kappa shape index (κ3) is 2.26. The van der Waals surface area contributed by atoms with Crippen LogP contribution in [0.2, 0.25) is 0 Å². The molecule has 0 saturated heterocycles. The molecule has 3 heteroatoms. The molecule has 0 bridgehead atoms. The van der Waals surface area contributed by atoms with Gasteiger partial charge in [0.05, 0.1) is 11.2 Å². The molecule has 3 atom stereocenters. The van der Waals surface area contributed by atoms with Crippen LogP contribution in [-0.2, 0) is 6.42 Å². The predicted octanol–water partition coefficient (Wildman–Crippen LogP) is 5.72. The SMILES string of the molecule is C1=CC2CC(C3CC3)CCC2n2c3c(c4cnccc42)CCC=C13.Cl. The molecule has 3 unspecified atom stereocenters. The lowest BCUT2D eigenvalue weighted by atomic mass is 9.75. The van der Waals surface area contributed by atoms with E-state index in [1.54, 1.807) is 5.56 Å². The molecule has 0 amide bonds. The molecule has 3 heterocycles. The molecule has 1 aliphatic heterocycles. The first-order valence-electron chi connectivity index (χ1n) is 9.75. The Balaban J connectivity index is 0.00000140. The van der Waals surface area contributed by atoms with Gasteiger partial charge in [-0.15, -0.1) is 12.4 Å². The van der Waals surface area contributed by atoms with Crippen molar-refractivity contribution in [2.24, 2.45) is 17.8 Å². The molecule has 2 saturated carbocycles. The van der Waals surface area contributed by atoms with Crippen molar-refractivity contribution < 1.29 is 0 Å². The van der Waals surface area contributed by atoms with Crippen LogP contribution >= 0.6 is 12.4 Å². The Morgan fingerprint density at radius 2 is 1.96 bits per heavy atom. The Bertz CT molecular complexity index is 887. The van der Waals surface area contributed by atoms with E-state index in [0.717, 1.165) is 11.8 Å². The molecule has 2 fully saturated rings. The highest BCUT2D eigenvalue weighted by Gasteiger charge is 2.40. The number of halogens is 1. The maximum Gasteiger partial charge on any atom is 0.0524 e. The minimum absolute atomic E-state index is 0. The summed E-state index contributed by atoms with van der Waals surface area (Å²) in [5, 5.41) is 1.40. The molecular weight excluding hydrogens is 328 g/mol. The van der Waals surface area contributed by atoms with Gasteiger partial charge < -0.3 is 4.57 Å². The van der Waals surface area contributed by atoms with Crippen LogP contribution in [-0.4, -0.2) is 9.55 Å². The molecule has 2 aromatic heterocycles. The minimum atomic E-state index is 0. The number of pyridine rings is 1. The molecule has 0 spiro atoms. The number of aromatic nitrogens is 2. The maximum atomic E-state index is 4.43. The van der Waals surface area contributed by atoms with Gasteiger partial charge >= 0.3 is 0 Å². The van der Waals surface area contributed by atoms with E-state index in [4.69, 9.17) is 0 Å². The van der Waals surface area contributed by atoms with Crippen molar-refractivity contribution in [3.8, 4) is 0 Å². The highest BCUT2D eigenvalue weighted by Crippen LogP contribution is 2.51. The van der Waals surface area contributed by atoms with Crippen LogP contribution in [0.4, 0.5) is 0 Å². The van der Waals surface area contributed by atoms with E-state index in [0.29, 0.717) is 12.0 Å². The maximum absolute atomic E-state index is 4.43. The first-order chi connectivity index (χ1) is 11.9. The summed E-state index contributed by atoms with van der Waals surface area (Å²) in [6, 6.07) is 2.90. The van der Waals surface area contributed by atoms with Crippen LogP contribution < -0.4 is 0 Å². The van der Waals surface area contributed by atoms with Gasteiger partial charge in [0.2, 0.25) is 0 Å². The van der Waals surface area contributed by atoms with Crippen LogP contribution in [0.1, 0.15) is 55.8 Å². The average Bonchev–Trinajstić information content (AvgIpc) is 3.43. The van der Waals surface area contributed by atoms with Crippen molar-refractivity contribution >= 4 is 28.9 Å². The van der Waals surface area contributed by atoms with Crippen LogP contribution in [0.25, 0.3) is 16.5 Å². The third-order valence-corrected chi connectivity index (χ3v) is 6.99. The largest absolute Gasteiger partial charge is 0.336 e. The molecule has 0 aromatic carbocycles. The number of hydrogen-bond donors (Lipinski definition) is 0. The fourth-order valence-corrected chi connectivity index (χ4v) is 5.72. The molecule has 3 aliphatic carbocycles. The lowest BCUT2D eigenvalue weighted by Gasteiger charge is -2.36. The Kier molecular flexibility index (Phi) is 3.60. The lowest BCUT2D eigenvalue weighted by Crippen LogP contribution is -2.27. The van der Waals surface area contributed by atoms with E-state index in [2.05, 4.69) is 40.0 Å². The second-order valence-corrected chi connectivity index (χ2v) is 8.29. The summed E-state index contributed by atoms with van der Waals surface area (Å²) < 4.78 is 2.71. The van der Waals surface area contributed by atoms with E-state index in [9.17, 15) is 0 Å². The van der Waals surface area contributed by atoms with Gasteiger partial charge in [-0.05, 0) is 79.9 Å². The third-order valence-electron chi connectivity index (χ3n) is 6.99. The summed E-state index contributed by atoms with van der Waals surface area (Å²) in [6.07, 6.45) is 21.0. The highest BCUT2D eigenvalue weighted by molar-refractivity contribution is 5.93. The minimum Gasteiger partial charge on any atom is -0.336 e. The molecule has 25 heavy (non-hydrogen) atoms. The van der Waals surface area contributed by atoms with Gasteiger partial charge in [-0.1, -0.05) is 18.2 Å². The zero-order chi connectivity index (χ0) is 15.7. The highest BCUT2D eigenvalue weighted by atomic mass is 35.5. The number of aryl methyl sites for hydroxylation is 1. The van der Waals surface area contributed by atoms with Gasteiger partial charge in [0.25, 0.3) is 0 Å². The predicted molar refractivity (Wildman–Crippen MR) is 105 cm³/mol. The Hall–Kier alpha value is -1.54. The standard InChI is InChI=1S/C22H24N2.ClH/c1-2-15-6-7-17-12-16(14-4-5-14)8-9-20(17)24-21-10-11-23-13-19(21)18(3-1)22(15)24;/h2,6-7,10-11,13-14,16-17,20H,1,3-5,8-9,12H2;1H. The first-order valence-corrected chi connectivity index (χ1v) is 9.75. The van der Waals surface area contributed by atoms with Gasteiger partial charge in [0, 0.05) is 23.8 Å². The van der Waals surface area contributed by atoms with Crippen molar-refractivity contribution in [1.82, 2.24) is 9.55 Å². The van der Waals surface area contributed by atoms with E-state index < -0.39 is 0 Å². The van der Waals surface area contributed by atoms with Crippen molar-refractivity contribution in [3.05, 3.63) is 47.9 Å². The number of rotatable bonds is 1. The average molecular weight is 353 g/mol. The zero-order valence-electron chi connectivity index (χ0n) is 14.5. The van der Waals surface area contributed by atoms with Crippen molar-refractivity contribution in [3.63, 3.8) is 0 Å². The van der Waals surface area contributed by atoms with Gasteiger partial charge in [-0.3, -0.25) is 4.98 Å². The van der Waals surface area contributed by atoms with E-state index in [-0.39, 0.29) is 12.4 Å². The van der Waals surface area contributed by atoms with Crippen molar-refractivity contribution in [1.29, 1.82) is 0 Å². The molecule has 2 nitrogen and oxygen atoms in total. The molecule has 0 N–H and O–H groups in total. The van der Waals surface area contributed by atoms with Gasteiger partial charge in [0.15, 0.2) is 0 Å².